The first-order valence-corrected chi connectivity index (χ1v) is 9.31. The van der Waals surface area contributed by atoms with Crippen molar-refractivity contribution < 1.29 is 13.2 Å². The molecular formula is C14H18Cl2N2O3S. The Balaban J connectivity index is 2.13. The number of piperidine rings is 1. The highest BCUT2D eigenvalue weighted by Crippen LogP contribution is 2.25. The predicted octanol–water partition coefficient (Wildman–Crippen LogP) is 2.67. The monoisotopic (exact) mass is 364 g/mol. The van der Waals surface area contributed by atoms with Crippen molar-refractivity contribution in [2.75, 3.05) is 13.1 Å². The van der Waals surface area contributed by atoms with Crippen LogP contribution in [0.15, 0.2) is 23.1 Å². The largest absolute Gasteiger partial charge is 0.341 e. The van der Waals surface area contributed by atoms with Crippen LogP contribution < -0.4 is 4.72 Å². The minimum atomic E-state index is -3.91. The quantitative estimate of drug-likeness (QED) is 0.892. The molecule has 0 saturated carbocycles. The van der Waals surface area contributed by atoms with E-state index < -0.39 is 16.1 Å². The van der Waals surface area contributed by atoms with Crippen molar-refractivity contribution in [2.24, 2.45) is 0 Å². The molecule has 1 aromatic carbocycles. The zero-order valence-electron chi connectivity index (χ0n) is 12.2. The number of amides is 1. The summed E-state index contributed by atoms with van der Waals surface area (Å²) in [6.07, 6.45) is 3.00. The molecule has 1 saturated heterocycles. The normalized spacial score (nSPS) is 17.3. The lowest BCUT2D eigenvalue weighted by Gasteiger charge is -2.29. The Morgan fingerprint density at radius 2 is 1.86 bits per heavy atom. The maximum absolute atomic E-state index is 12.4. The van der Waals surface area contributed by atoms with Crippen LogP contribution in [0.25, 0.3) is 0 Å². The van der Waals surface area contributed by atoms with Gasteiger partial charge in [0.2, 0.25) is 15.9 Å². The van der Waals surface area contributed by atoms with E-state index in [0.717, 1.165) is 19.3 Å². The molecule has 122 valence electrons. The van der Waals surface area contributed by atoms with Crippen LogP contribution in [0.3, 0.4) is 0 Å². The number of carbonyl (C=O) groups is 1. The lowest BCUT2D eigenvalue weighted by molar-refractivity contribution is -0.133. The Labute approximate surface area is 140 Å². The first kappa shape index (κ1) is 17.5. The number of sulfonamides is 1. The third-order valence-electron chi connectivity index (χ3n) is 3.55. The van der Waals surface area contributed by atoms with Crippen molar-refractivity contribution in [3.05, 3.63) is 28.2 Å². The summed E-state index contributed by atoms with van der Waals surface area (Å²) in [6.45, 7) is 2.87. The van der Waals surface area contributed by atoms with Crippen LogP contribution in [0.4, 0.5) is 0 Å². The van der Waals surface area contributed by atoms with Crippen molar-refractivity contribution >= 4 is 39.1 Å². The molecule has 22 heavy (non-hydrogen) atoms. The van der Waals surface area contributed by atoms with Crippen molar-refractivity contribution in [2.45, 2.75) is 37.1 Å². The fourth-order valence-electron chi connectivity index (χ4n) is 2.42. The van der Waals surface area contributed by atoms with Crippen LogP contribution in [0.1, 0.15) is 26.2 Å². The van der Waals surface area contributed by atoms with Crippen LogP contribution in [0, 0.1) is 0 Å². The summed E-state index contributed by atoms with van der Waals surface area (Å²) in [5.41, 5.74) is 0. The Hall–Kier alpha value is -0.820. The van der Waals surface area contributed by atoms with Crippen molar-refractivity contribution in [3.63, 3.8) is 0 Å². The summed E-state index contributed by atoms with van der Waals surface area (Å²) in [6, 6.07) is 3.34. The molecule has 2 rings (SSSR count). The first-order valence-electron chi connectivity index (χ1n) is 7.07. The fraction of sp³-hybridized carbons (Fsp3) is 0.500. The zero-order valence-corrected chi connectivity index (χ0v) is 14.5. The highest BCUT2D eigenvalue weighted by molar-refractivity contribution is 7.89. The van der Waals surface area contributed by atoms with Crippen LogP contribution in [-0.4, -0.2) is 38.4 Å². The second-order valence-corrected chi connectivity index (χ2v) is 7.83. The maximum Gasteiger partial charge on any atom is 0.242 e. The molecule has 1 aromatic rings. The van der Waals surface area contributed by atoms with E-state index in [1.54, 1.807) is 4.90 Å². The van der Waals surface area contributed by atoms with Gasteiger partial charge in [0.1, 0.15) is 4.90 Å². The van der Waals surface area contributed by atoms with Gasteiger partial charge in [-0.05, 0) is 44.4 Å². The second-order valence-electron chi connectivity index (χ2n) is 5.30. The minimum Gasteiger partial charge on any atom is -0.341 e. The molecule has 1 amide bonds. The van der Waals surface area contributed by atoms with E-state index in [1.165, 1.54) is 25.1 Å². The van der Waals surface area contributed by atoms with Crippen LogP contribution in [-0.2, 0) is 14.8 Å². The van der Waals surface area contributed by atoms with E-state index in [-0.39, 0.29) is 20.8 Å². The zero-order chi connectivity index (χ0) is 16.3. The molecular weight excluding hydrogens is 347 g/mol. The molecule has 0 spiro atoms. The van der Waals surface area contributed by atoms with Crippen LogP contribution >= 0.6 is 23.2 Å². The summed E-state index contributed by atoms with van der Waals surface area (Å²) < 4.78 is 27.1. The van der Waals surface area contributed by atoms with Crippen LogP contribution in [0.5, 0.6) is 0 Å². The van der Waals surface area contributed by atoms with Gasteiger partial charge in [0.15, 0.2) is 0 Å². The molecule has 0 radical (unpaired) electrons. The number of halogens is 2. The lowest BCUT2D eigenvalue weighted by Crippen LogP contribution is -2.48. The van der Waals surface area contributed by atoms with Gasteiger partial charge in [-0.1, -0.05) is 23.2 Å². The van der Waals surface area contributed by atoms with E-state index in [2.05, 4.69) is 4.72 Å². The van der Waals surface area contributed by atoms with Gasteiger partial charge in [0, 0.05) is 18.1 Å². The van der Waals surface area contributed by atoms with Gasteiger partial charge in [-0.2, -0.15) is 4.72 Å². The van der Waals surface area contributed by atoms with Gasteiger partial charge in [-0.25, -0.2) is 8.42 Å². The van der Waals surface area contributed by atoms with E-state index in [9.17, 15) is 13.2 Å². The molecule has 0 aliphatic carbocycles. The third kappa shape index (κ3) is 4.13. The van der Waals surface area contributed by atoms with Crippen LogP contribution in [0.2, 0.25) is 10.0 Å². The summed E-state index contributed by atoms with van der Waals surface area (Å²) in [5.74, 6) is -0.221. The summed E-state index contributed by atoms with van der Waals surface area (Å²) >= 11 is 11.7. The van der Waals surface area contributed by atoms with Gasteiger partial charge < -0.3 is 4.90 Å². The van der Waals surface area contributed by atoms with Gasteiger partial charge in [-0.15, -0.1) is 0 Å². The highest BCUT2D eigenvalue weighted by Gasteiger charge is 2.27. The Kier molecular flexibility index (Phi) is 5.71. The van der Waals surface area contributed by atoms with Crippen molar-refractivity contribution in [1.29, 1.82) is 0 Å². The van der Waals surface area contributed by atoms with E-state index in [1.807, 2.05) is 0 Å². The number of hydrogen-bond donors (Lipinski definition) is 1. The number of rotatable bonds is 4. The van der Waals surface area contributed by atoms with E-state index in [4.69, 9.17) is 23.2 Å². The number of nitrogens with one attached hydrogen (secondary N) is 1. The van der Waals surface area contributed by atoms with Crippen molar-refractivity contribution in [1.82, 2.24) is 9.62 Å². The van der Waals surface area contributed by atoms with Crippen molar-refractivity contribution in [3.8, 4) is 0 Å². The highest BCUT2D eigenvalue weighted by atomic mass is 35.5. The number of nitrogens with zero attached hydrogens (tertiary/aromatic N) is 1. The molecule has 0 aromatic heterocycles. The molecule has 1 atom stereocenters. The molecule has 0 unspecified atom stereocenters. The molecule has 1 aliphatic rings. The summed E-state index contributed by atoms with van der Waals surface area (Å²) in [7, 11) is -3.91. The first-order chi connectivity index (χ1) is 10.3. The Bertz CT molecular complexity index is 658. The average Bonchev–Trinajstić information content (AvgIpc) is 2.49. The maximum atomic E-state index is 12.4. The molecule has 1 heterocycles. The topological polar surface area (TPSA) is 66.5 Å². The number of hydrogen-bond acceptors (Lipinski definition) is 3. The Morgan fingerprint density at radius 3 is 2.50 bits per heavy atom. The molecule has 1 fully saturated rings. The lowest BCUT2D eigenvalue weighted by atomic mass is 10.1. The smallest absolute Gasteiger partial charge is 0.242 e. The van der Waals surface area contributed by atoms with Gasteiger partial charge in [0.25, 0.3) is 0 Å². The average molecular weight is 365 g/mol. The molecule has 5 nitrogen and oxygen atoms in total. The molecule has 1 N–H and O–H groups in total. The standard InChI is InChI=1S/C14H18Cl2N2O3S/c1-10(14(19)18-7-3-2-4-8-18)17-22(20,21)13-9-11(15)5-6-12(13)16/h5-6,9-10,17H,2-4,7-8H2,1H3/t10-/m1/s1. The van der Waals surface area contributed by atoms with E-state index >= 15 is 0 Å². The van der Waals surface area contributed by atoms with Gasteiger partial charge >= 0.3 is 0 Å². The molecule has 1 aliphatic heterocycles. The summed E-state index contributed by atoms with van der Waals surface area (Å²) in [5, 5.41) is 0.328. The fourth-order valence-corrected chi connectivity index (χ4v) is 4.38. The third-order valence-corrected chi connectivity index (χ3v) is 5.81. The summed E-state index contributed by atoms with van der Waals surface area (Å²) in [4.78, 5) is 13.9. The minimum absolute atomic E-state index is 0.0644. The second kappa shape index (κ2) is 7.17. The van der Waals surface area contributed by atoms with Gasteiger partial charge in [0.05, 0.1) is 11.1 Å². The van der Waals surface area contributed by atoms with E-state index in [0.29, 0.717) is 13.1 Å². The number of benzene rings is 1. The SMILES string of the molecule is C[C@@H](NS(=O)(=O)c1cc(Cl)ccc1Cl)C(=O)N1CCCCC1. The number of carbonyl (C=O) groups excluding carboxylic acids is 1. The predicted molar refractivity (Wildman–Crippen MR) is 86.7 cm³/mol. The molecule has 0 bridgehead atoms. The molecule has 8 heteroatoms. The van der Waals surface area contributed by atoms with Gasteiger partial charge in [-0.3, -0.25) is 4.79 Å². The Morgan fingerprint density at radius 1 is 1.23 bits per heavy atom. The number of likely N-dealkylation sites (tertiary alicyclic amines) is 1.